The van der Waals surface area contributed by atoms with E-state index < -0.39 is 0 Å². The molecular weight excluding hydrogens is 404 g/mol. The van der Waals surface area contributed by atoms with Gasteiger partial charge in [0.1, 0.15) is 0 Å². The highest BCUT2D eigenvalue weighted by atomic mass is 14.9. The molecular formula is C29H18N4. The number of benzene rings is 3. The number of aryl methyl sites for hydroxylation is 1. The molecule has 0 aliphatic heterocycles. The lowest BCUT2D eigenvalue weighted by Crippen LogP contribution is -1.86. The van der Waals surface area contributed by atoms with Gasteiger partial charge in [-0.15, -0.1) is 0 Å². The van der Waals surface area contributed by atoms with E-state index in [0.717, 1.165) is 5.52 Å². The standard InChI is InChI=1S/C29H18N4/c1-16-17(9-11-30-2)19-5-3-7-21-23-14-26-24(13-25(23)32(16)28(19)21)22-8-4-6-20-18-10-12-31-15-27(18)33(26)29(20)22/h3-15H,2H2,1H3/b11-9-. The number of hydrogen-bond acceptors (Lipinski definition) is 2. The first-order valence-corrected chi connectivity index (χ1v) is 11.1. The number of nitrogens with zero attached hydrogens (tertiary/aromatic N) is 4. The quantitative estimate of drug-likeness (QED) is 0.271. The first-order valence-electron chi connectivity index (χ1n) is 11.1. The predicted molar refractivity (Wildman–Crippen MR) is 139 cm³/mol. The maximum atomic E-state index is 4.44. The Balaban J connectivity index is 1.65. The lowest BCUT2D eigenvalue weighted by Gasteiger charge is -2.02. The van der Waals surface area contributed by atoms with Crippen molar-refractivity contribution in [2.45, 2.75) is 6.92 Å². The van der Waals surface area contributed by atoms with Crippen LogP contribution in [-0.2, 0) is 0 Å². The van der Waals surface area contributed by atoms with Crippen molar-refractivity contribution in [2.24, 2.45) is 4.99 Å². The fourth-order valence-electron chi connectivity index (χ4n) is 6.10. The monoisotopic (exact) mass is 422 g/mol. The molecule has 5 heterocycles. The van der Waals surface area contributed by atoms with Gasteiger partial charge in [0.15, 0.2) is 0 Å². The average molecular weight is 422 g/mol. The minimum atomic E-state index is 1.16. The molecule has 0 N–H and O–H groups in total. The summed E-state index contributed by atoms with van der Waals surface area (Å²) < 4.78 is 4.81. The van der Waals surface area contributed by atoms with Gasteiger partial charge in [0, 0.05) is 61.4 Å². The maximum Gasteiger partial charge on any atom is 0.0724 e. The molecule has 154 valence electrons. The number of para-hydroxylation sites is 2. The fraction of sp³-hybridized carbons (Fsp3) is 0.0345. The molecule has 0 bridgehead atoms. The average Bonchev–Trinajstić information content (AvgIpc) is 3.54. The molecule has 0 atom stereocenters. The molecule has 4 heteroatoms. The number of fused-ring (bicyclic) bond motifs is 9. The van der Waals surface area contributed by atoms with Crippen molar-refractivity contribution in [3.63, 3.8) is 0 Å². The van der Waals surface area contributed by atoms with E-state index in [-0.39, 0.29) is 0 Å². The summed E-state index contributed by atoms with van der Waals surface area (Å²) in [5.74, 6) is 0. The third-order valence-electron chi connectivity index (χ3n) is 7.39. The van der Waals surface area contributed by atoms with Gasteiger partial charge in [-0.1, -0.05) is 36.4 Å². The van der Waals surface area contributed by atoms with E-state index in [1.807, 2.05) is 12.4 Å². The lowest BCUT2D eigenvalue weighted by atomic mass is 10.0. The number of pyridine rings is 1. The van der Waals surface area contributed by atoms with Crippen LogP contribution in [0.3, 0.4) is 0 Å². The smallest absolute Gasteiger partial charge is 0.0724 e. The first-order chi connectivity index (χ1) is 16.3. The number of aromatic nitrogens is 3. The molecule has 0 aliphatic carbocycles. The number of aliphatic imine (C=N–C) groups is 1. The number of rotatable bonds is 2. The van der Waals surface area contributed by atoms with E-state index in [9.17, 15) is 0 Å². The van der Waals surface area contributed by atoms with Crippen LogP contribution >= 0.6 is 0 Å². The minimum Gasteiger partial charge on any atom is -0.312 e. The molecule has 0 saturated carbocycles. The third kappa shape index (κ3) is 1.85. The Morgan fingerprint density at radius 2 is 1.39 bits per heavy atom. The zero-order valence-electron chi connectivity index (χ0n) is 18.0. The summed E-state index contributed by atoms with van der Waals surface area (Å²) in [6.07, 6.45) is 7.71. The molecule has 0 fully saturated rings. The van der Waals surface area contributed by atoms with Crippen LogP contribution in [0.25, 0.3) is 71.4 Å². The molecule has 0 saturated heterocycles. The van der Waals surface area contributed by atoms with Crippen molar-refractivity contribution >= 4 is 78.1 Å². The second kappa shape index (κ2) is 5.67. The molecule has 4 nitrogen and oxygen atoms in total. The van der Waals surface area contributed by atoms with E-state index in [1.54, 1.807) is 6.20 Å². The van der Waals surface area contributed by atoms with Crippen molar-refractivity contribution in [1.82, 2.24) is 13.8 Å². The van der Waals surface area contributed by atoms with Crippen LogP contribution in [0.5, 0.6) is 0 Å². The highest BCUT2D eigenvalue weighted by molar-refractivity contribution is 6.26. The van der Waals surface area contributed by atoms with Crippen molar-refractivity contribution in [3.8, 4) is 0 Å². The van der Waals surface area contributed by atoms with Gasteiger partial charge in [0.05, 0.1) is 33.8 Å². The molecule has 8 rings (SSSR count). The fourth-order valence-corrected chi connectivity index (χ4v) is 6.10. The Bertz CT molecular complexity index is 2100. The zero-order chi connectivity index (χ0) is 21.8. The second-order valence-electron chi connectivity index (χ2n) is 8.85. The maximum absolute atomic E-state index is 4.44. The summed E-state index contributed by atoms with van der Waals surface area (Å²) in [5.41, 5.74) is 8.62. The SMILES string of the molecule is C=N/C=C\c1c(C)n2c3cc4c5cccc6c7ccncc7n(c4cc3c3cccc1c32)c65. The van der Waals surface area contributed by atoms with Gasteiger partial charge < -0.3 is 8.80 Å². The van der Waals surface area contributed by atoms with Crippen molar-refractivity contribution in [1.29, 1.82) is 0 Å². The summed E-state index contributed by atoms with van der Waals surface area (Å²) >= 11 is 0. The van der Waals surface area contributed by atoms with Crippen LogP contribution in [0.4, 0.5) is 0 Å². The van der Waals surface area contributed by atoms with E-state index in [0.29, 0.717) is 0 Å². The van der Waals surface area contributed by atoms with Gasteiger partial charge in [0.2, 0.25) is 0 Å². The molecule has 3 aromatic carbocycles. The van der Waals surface area contributed by atoms with Crippen LogP contribution in [0, 0.1) is 6.92 Å². The summed E-state index contributed by atoms with van der Waals surface area (Å²) in [6.45, 7) is 5.80. The summed E-state index contributed by atoms with van der Waals surface area (Å²) in [6, 6.07) is 20.1. The normalized spacial score (nSPS) is 13.0. The van der Waals surface area contributed by atoms with Crippen molar-refractivity contribution < 1.29 is 0 Å². The Morgan fingerprint density at radius 3 is 2.12 bits per heavy atom. The summed E-state index contributed by atoms with van der Waals surface area (Å²) in [4.78, 5) is 8.38. The van der Waals surface area contributed by atoms with Crippen LogP contribution in [-0.4, -0.2) is 20.5 Å². The molecule has 0 amide bonds. The van der Waals surface area contributed by atoms with Gasteiger partial charge in [-0.05, 0) is 37.9 Å². The van der Waals surface area contributed by atoms with Gasteiger partial charge in [-0.25, -0.2) is 0 Å². The Labute approximate surface area is 188 Å². The highest BCUT2D eigenvalue weighted by Crippen LogP contribution is 2.43. The molecule has 8 aromatic rings. The van der Waals surface area contributed by atoms with Crippen LogP contribution in [0.2, 0.25) is 0 Å². The first kappa shape index (κ1) is 17.2. The van der Waals surface area contributed by atoms with Crippen molar-refractivity contribution in [3.05, 3.63) is 84.4 Å². The second-order valence-corrected chi connectivity index (χ2v) is 8.85. The Hall–Kier alpha value is -4.44. The Kier molecular flexibility index (Phi) is 2.95. The van der Waals surface area contributed by atoms with Crippen LogP contribution in [0.15, 0.2) is 78.2 Å². The molecule has 0 aliphatic rings. The predicted octanol–water partition coefficient (Wildman–Crippen LogP) is 7.21. The van der Waals surface area contributed by atoms with Gasteiger partial charge in [-0.3, -0.25) is 9.98 Å². The van der Waals surface area contributed by atoms with Gasteiger partial charge in [0.25, 0.3) is 0 Å². The highest BCUT2D eigenvalue weighted by Gasteiger charge is 2.22. The van der Waals surface area contributed by atoms with Crippen LogP contribution in [0.1, 0.15) is 11.3 Å². The zero-order valence-corrected chi connectivity index (χ0v) is 18.0. The molecule has 0 radical (unpaired) electrons. The number of hydrogen-bond donors (Lipinski definition) is 0. The Morgan fingerprint density at radius 1 is 0.758 bits per heavy atom. The molecule has 33 heavy (non-hydrogen) atoms. The molecule has 0 unspecified atom stereocenters. The van der Waals surface area contributed by atoms with Crippen molar-refractivity contribution in [2.75, 3.05) is 0 Å². The van der Waals surface area contributed by atoms with Crippen LogP contribution < -0.4 is 0 Å². The van der Waals surface area contributed by atoms with Gasteiger partial charge >= 0.3 is 0 Å². The van der Waals surface area contributed by atoms with Gasteiger partial charge in [-0.2, -0.15) is 0 Å². The van der Waals surface area contributed by atoms with E-state index in [2.05, 4.69) is 93.1 Å². The minimum absolute atomic E-state index is 1.16. The van der Waals surface area contributed by atoms with E-state index in [1.165, 1.54) is 71.0 Å². The lowest BCUT2D eigenvalue weighted by molar-refractivity contribution is 1.18. The largest absolute Gasteiger partial charge is 0.312 e. The third-order valence-corrected chi connectivity index (χ3v) is 7.39. The summed E-state index contributed by atoms with van der Waals surface area (Å²) in [5, 5.41) is 8.91. The summed E-state index contributed by atoms with van der Waals surface area (Å²) in [7, 11) is 0. The molecule has 0 spiro atoms. The topological polar surface area (TPSA) is 34.1 Å². The van der Waals surface area contributed by atoms with E-state index >= 15 is 0 Å². The molecule has 5 aromatic heterocycles. The van der Waals surface area contributed by atoms with E-state index in [4.69, 9.17) is 0 Å².